The molecule has 1 aromatic rings. The van der Waals surface area contributed by atoms with E-state index in [9.17, 15) is 9.59 Å². The number of carbonyl (C=O) groups excluding carboxylic acids is 1. The largest absolute Gasteiger partial charge is 0.368 e. The first-order valence-electron chi connectivity index (χ1n) is 4.00. The molecular weight excluding hydrogens is 168 g/mol. The number of rotatable bonds is 2. The summed E-state index contributed by atoms with van der Waals surface area (Å²) in [5.74, 6) is -0.507. The SMILES string of the molecule is Cc1ccc(=O)n(C(C)C(N)=O)c1. The smallest absolute Gasteiger partial charge is 0.251 e. The van der Waals surface area contributed by atoms with Gasteiger partial charge in [0.25, 0.3) is 5.56 Å². The van der Waals surface area contributed by atoms with Crippen molar-refractivity contribution in [3.05, 3.63) is 34.2 Å². The molecule has 0 bridgehead atoms. The third kappa shape index (κ3) is 1.96. The third-order valence-corrected chi connectivity index (χ3v) is 1.92. The Morgan fingerprint density at radius 1 is 1.54 bits per heavy atom. The van der Waals surface area contributed by atoms with Crippen LogP contribution in [-0.4, -0.2) is 10.5 Å². The van der Waals surface area contributed by atoms with Crippen molar-refractivity contribution in [3.8, 4) is 0 Å². The number of hydrogen-bond donors (Lipinski definition) is 1. The van der Waals surface area contributed by atoms with Crippen LogP contribution >= 0.6 is 0 Å². The predicted octanol–water partition coefficient (Wildman–Crippen LogP) is 0.203. The molecule has 13 heavy (non-hydrogen) atoms. The zero-order valence-corrected chi connectivity index (χ0v) is 7.65. The Morgan fingerprint density at radius 2 is 2.15 bits per heavy atom. The molecule has 4 nitrogen and oxygen atoms in total. The van der Waals surface area contributed by atoms with E-state index in [0.29, 0.717) is 0 Å². The lowest BCUT2D eigenvalue weighted by Crippen LogP contribution is -2.31. The molecule has 1 unspecified atom stereocenters. The minimum Gasteiger partial charge on any atom is -0.368 e. The Kier molecular flexibility index (Phi) is 2.51. The maximum absolute atomic E-state index is 11.3. The van der Waals surface area contributed by atoms with Gasteiger partial charge in [-0.1, -0.05) is 6.07 Å². The average Bonchev–Trinajstić information content (AvgIpc) is 2.08. The van der Waals surface area contributed by atoms with Crippen LogP contribution in [0.5, 0.6) is 0 Å². The molecule has 1 atom stereocenters. The molecule has 1 aromatic heterocycles. The fourth-order valence-electron chi connectivity index (χ4n) is 1.05. The van der Waals surface area contributed by atoms with Crippen molar-refractivity contribution in [3.63, 3.8) is 0 Å². The number of nitrogens with zero attached hydrogens (tertiary/aromatic N) is 1. The molecule has 70 valence electrons. The van der Waals surface area contributed by atoms with Gasteiger partial charge in [0.2, 0.25) is 5.91 Å². The van der Waals surface area contributed by atoms with Gasteiger partial charge in [0.1, 0.15) is 6.04 Å². The molecule has 0 fully saturated rings. The van der Waals surface area contributed by atoms with E-state index in [2.05, 4.69) is 0 Å². The minimum atomic E-state index is -0.590. The molecule has 2 N–H and O–H groups in total. The molecule has 0 saturated heterocycles. The lowest BCUT2D eigenvalue weighted by molar-refractivity contribution is -0.120. The molecule has 1 rings (SSSR count). The van der Waals surface area contributed by atoms with Crippen LogP contribution in [0.4, 0.5) is 0 Å². The van der Waals surface area contributed by atoms with Crippen molar-refractivity contribution in [1.29, 1.82) is 0 Å². The summed E-state index contributed by atoms with van der Waals surface area (Å²) in [6, 6.07) is 2.54. The summed E-state index contributed by atoms with van der Waals surface area (Å²) in [7, 11) is 0. The number of amides is 1. The monoisotopic (exact) mass is 180 g/mol. The third-order valence-electron chi connectivity index (χ3n) is 1.92. The molecule has 0 aromatic carbocycles. The summed E-state index contributed by atoms with van der Waals surface area (Å²) in [6.07, 6.45) is 1.62. The van der Waals surface area contributed by atoms with Crippen molar-refractivity contribution in [2.75, 3.05) is 0 Å². The zero-order valence-electron chi connectivity index (χ0n) is 7.65. The first-order chi connectivity index (χ1) is 6.02. The van der Waals surface area contributed by atoms with Crippen LogP contribution in [-0.2, 0) is 4.79 Å². The fourth-order valence-corrected chi connectivity index (χ4v) is 1.05. The van der Waals surface area contributed by atoms with Crippen molar-refractivity contribution < 1.29 is 4.79 Å². The molecule has 0 aliphatic rings. The van der Waals surface area contributed by atoms with Gasteiger partial charge in [-0.05, 0) is 19.4 Å². The molecule has 0 spiro atoms. The van der Waals surface area contributed by atoms with Gasteiger partial charge in [-0.2, -0.15) is 0 Å². The maximum atomic E-state index is 11.3. The van der Waals surface area contributed by atoms with E-state index in [0.717, 1.165) is 5.56 Å². The number of nitrogens with two attached hydrogens (primary N) is 1. The number of primary amides is 1. The second kappa shape index (κ2) is 3.43. The van der Waals surface area contributed by atoms with E-state index >= 15 is 0 Å². The van der Waals surface area contributed by atoms with E-state index in [-0.39, 0.29) is 5.56 Å². The normalized spacial score (nSPS) is 12.5. The standard InChI is InChI=1S/C9H12N2O2/c1-6-3-4-8(12)11(5-6)7(2)9(10)13/h3-5,7H,1-2H3,(H2,10,13). The molecule has 0 saturated carbocycles. The Hall–Kier alpha value is -1.58. The Morgan fingerprint density at radius 3 is 2.69 bits per heavy atom. The van der Waals surface area contributed by atoms with E-state index < -0.39 is 11.9 Å². The molecule has 4 heteroatoms. The predicted molar refractivity (Wildman–Crippen MR) is 49.3 cm³/mol. The number of aromatic nitrogens is 1. The molecule has 0 aliphatic carbocycles. The van der Waals surface area contributed by atoms with E-state index in [1.807, 2.05) is 6.92 Å². The summed E-state index contributed by atoms with van der Waals surface area (Å²) in [4.78, 5) is 22.1. The number of carbonyl (C=O) groups is 1. The van der Waals surface area contributed by atoms with E-state index in [1.54, 1.807) is 19.2 Å². The summed E-state index contributed by atoms with van der Waals surface area (Å²) < 4.78 is 1.33. The lowest BCUT2D eigenvalue weighted by Gasteiger charge is -2.11. The first-order valence-corrected chi connectivity index (χ1v) is 4.00. The van der Waals surface area contributed by atoms with Gasteiger partial charge in [0, 0.05) is 12.3 Å². The second-order valence-corrected chi connectivity index (χ2v) is 3.03. The molecular formula is C9H12N2O2. The van der Waals surface area contributed by atoms with E-state index in [4.69, 9.17) is 5.73 Å². The molecule has 0 radical (unpaired) electrons. The highest BCUT2D eigenvalue weighted by Crippen LogP contribution is 2.02. The van der Waals surface area contributed by atoms with Gasteiger partial charge in [0.15, 0.2) is 0 Å². The van der Waals surface area contributed by atoms with Gasteiger partial charge >= 0.3 is 0 Å². The first kappa shape index (κ1) is 9.51. The van der Waals surface area contributed by atoms with Crippen LogP contribution in [0, 0.1) is 6.92 Å². The van der Waals surface area contributed by atoms with Crippen LogP contribution < -0.4 is 11.3 Å². The highest BCUT2D eigenvalue weighted by Gasteiger charge is 2.11. The minimum absolute atomic E-state index is 0.211. The Bertz CT molecular complexity index is 381. The number of aryl methyl sites for hydroxylation is 1. The zero-order chi connectivity index (χ0) is 10.0. The van der Waals surface area contributed by atoms with Crippen LogP contribution in [0.1, 0.15) is 18.5 Å². The summed E-state index contributed by atoms with van der Waals surface area (Å²) >= 11 is 0. The van der Waals surface area contributed by atoms with Crippen molar-refractivity contribution >= 4 is 5.91 Å². The van der Waals surface area contributed by atoms with Crippen LogP contribution in [0.25, 0.3) is 0 Å². The fraction of sp³-hybridized carbons (Fsp3) is 0.333. The van der Waals surface area contributed by atoms with Crippen LogP contribution in [0.3, 0.4) is 0 Å². The van der Waals surface area contributed by atoms with Gasteiger partial charge in [0.05, 0.1) is 0 Å². The van der Waals surface area contributed by atoms with Gasteiger partial charge < -0.3 is 10.3 Å². The summed E-state index contributed by atoms with van der Waals surface area (Å²) in [6.45, 7) is 3.45. The average molecular weight is 180 g/mol. The van der Waals surface area contributed by atoms with Crippen molar-refractivity contribution in [1.82, 2.24) is 4.57 Å². The second-order valence-electron chi connectivity index (χ2n) is 3.03. The number of hydrogen-bond acceptors (Lipinski definition) is 2. The van der Waals surface area contributed by atoms with E-state index in [1.165, 1.54) is 10.6 Å². The summed E-state index contributed by atoms with van der Waals surface area (Å²) in [5, 5.41) is 0. The highest BCUT2D eigenvalue weighted by atomic mass is 16.2. The molecule has 1 amide bonds. The molecule has 0 aliphatic heterocycles. The molecule has 1 heterocycles. The summed E-state index contributed by atoms with van der Waals surface area (Å²) in [5.41, 5.74) is 5.80. The van der Waals surface area contributed by atoms with Crippen LogP contribution in [0.2, 0.25) is 0 Å². The van der Waals surface area contributed by atoms with Crippen LogP contribution in [0.15, 0.2) is 23.1 Å². The Balaban J connectivity index is 3.21. The lowest BCUT2D eigenvalue weighted by atomic mass is 10.2. The number of pyridine rings is 1. The maximum Gasteiger partial charge on any atom is 0.251 e. The van der Waals surface area contributed by atoms with Crippen molar-refractivity contribution in [2.45, 2.75) is 19.9 Å². The van der Waals surface area contributed by atoms with Gasteiger partial charge in [-0.25, -0.2) is 0 Å². The Labute approximate surface area is 76.0 Å². The van der Waals surface area contributed by atoms with Gasteiger partial charge in [-0.3, -0.25) is 9.59 Å². The highest BCUT2D eigenvalue weighted by molar-refractivity contribution is 5.77. The van der Waals surface area contributed by atoms with Crippen molar-refractivity contribution in [2.24, 2.45) is 5.73 Å². The quantitative estimate of drug-likeness (QED) is 0.706. The topological polar surface area (TPSA) is 65.1 Å². The van der Waals surface area contributed by atoms with Gasteiger partial charge in [-0.15, -0.1) is 0 Å².